The van der Waals surface area contributed by atoms with Gasteiger partial charge in [-0.15, -0.1) is 11.8 Å². The second kappa shape index (κ2) is 9.19. The zero-order chi connectivity index (χ0) is 15.7. The van der Waals surface area contributed by atoms with Crippen molar-refractivity contribution in [3.63, 3.8) is 0 Å². The van der Waals surface area contributed by atoms with Gasteiger partial charge < -0.3 is 15.4 Å². The van der Waals surface area contributed by atoms with Gasteiger partial charge in [-0.3, -0.25) is 14.9 Å². The fourth-order valence-corrected chi connectivity index (χ4v) is 2.41. The van der Waals surface area contributed by atoms with Crippen molar-refractivity contribution in [1.82, 2.24) is 10.6 Å². The molecule has 1 aromatic carbocycles. The van der Waals surface area contributed by atoms with Gasteiger partial charge in [0.1, 0.15) is 0 Å². The van der Waals surface area contributed by atoms with Gasteiger partial charge in [0.25, 0.3) is 0 Å². The quantitative estimate of drug-likeness (QED) is 0.404. The molecule has 0 fully saturated rings. The normalized spacial score (nSPS) is 10.2. The minimum absolute atomic E-state index is 0.0433. The Morgan fingerprint density at radius 1 is 1.43 bits per heavy atom. The average molecular weight is 313 g/mol. The van der Waals surface area contributed by atoms with Crippen LogP contribution in [0.3, 0.4) is 0 Å². The summed E-state index contributed by atoms with van der Waals surface area (Å²) in [6.45, 7) is 1.31. The molecule has 0 aromatic heterocycles. The number of benzene rings is 1. The average Bonchev–Trinajstić information content (AvgIpc) is 2.47. The maximum absolute atomic E-state index is 11.5. The molecule has 0 saturated heterocycles. The second-order valence-electron chi connectivity index (χ2n) is 4.21. The van der Waals surface area contributed by atoms with Crippen LogP contribution < -0.4 is 15.4 Å². The van der Waals surface area contributed by atoms with Crippen molar-refractivity contribution in [1.29, 1.82) is 0 Å². The number of methoxy groups -OCH3 is 1. The Morgan fingerprint density at radius 2 is 2.19 bits per heavy atom. The van der Waals surface area contributed by atoms with E-state index >= 15 is 0 Å². The lowest BCUT2D eigenvalue weighted by atomic mass is 10.2. The minimum Gasteiger partial charge on any atom is -0.490 e. The molecule has 7 nitrogen and oxygen atoms in total. The predicted octanol–water partition coefficient (Wildman–Crippen LogP) is 1.17. The molecule has 1 aromatic rings. The number of amides is 1. The molecule has 0 aliphatic rings. The van der Waals surface area contributed by atoms with Gasteiger partial charge in [0.2, 0.25) is 5.91 Å². The van der Waals surface area contributed by atoms with E-state index in [1.165, 1.54) is 24.9 Å². The number of rotatable bonds is 9. The molecule has 1 amide bonds. The number of hydrogen-bond acceptors (Lipinski definition) is 6. The fraction of sp³-hybridized carbons (Fsp3) is 0.462. The Labute approximate surface area is 127 Å². The lowest BCUT2D eigenvalue weighted by Crippen LogP contribution is -2.31. The third-order valence-electron chi connectivity index (χ3n) is 2.64. The highest BCUT2D eigenvalue weighted by molar-refractivity contribution is 7.99. The van der Waals surface area contributed by atoms with Gasteiger partial charge in [-0.1, -0.05) is 6.07 Å². The number of ether oxygens (including phenoxy) is 1. The van der Waals surface area contributed by atoms with Gasteiger partial charge >= 0.3 is 5.69 Å². The molecule has 0 heterocycles. The maximum Gasteiger partial charge on any atom is 0.311 e. The molecule has 1 rings (SSSR count). The van der Waals surface area contributed by atoms with E-state index in [9.17, 15) is 14.9 Å². The van der Waals surface area contributed by atoms with Crippen LogP contribution >= 0.6 is 11.8 Å². The third kappa shape index (κ3) is 6.01. The molecule has 0 aliphatic heterocycles. The van der Waals surface area contributed by atoms with E-state index in [0.29, 0.717) is 18.1 Å². The Bertz CT molecular complexity index is 496. The van der Waals surface area contributed by atoms with E-state index < -0.39 is 4.92 Å². The van der Waals surface area contributed by atoms with E-state index in [1.54, 1.807) is 12.1 Å². The first kappa shape index (κ1) is 17.3. The summed E-state index contributed by atoms with van der Waals surface area (Å²) in [5.41, 5.74) is 0.726. The zero-order valence-electron chi connectivity index (χ0n) is 12.0. The molecular formula is C13H19N3O4S. The monoisotopic (exact) mass is 313 g/mol. The van der Waals surface area contributed by atoms with Crippen molar-refractivity contribution in [2.75, 3.05) is 33.0 Å². The first-order valence-electron chi connectivity index (χ1n) is 6.38. The number of carbonyl (C=O) groups excluding carboxylic acids is 1. The first-order valence-corrected chi connectivity index (χ1v) is 7.54. The summed E-state index contributed by atoms with van der Waals surface area (Å²) in [5, 5.41) is 16.6. The summed E-state index contributed by atoms with van der Waals surface area (Å²) in [6, 6.07) is 4.81. The van der Waals surface area contributed by atoms with E-state index in [-0.39, 0.29) is 17.3 Å². The molecule has 2 N–H and O–H groups in total. The number of nitro groups is 1. The predicted molar refractivity (Wildman–Crippen MR) is 82.7 cm³/mol. The molecule has 8 heteroatoms. The lowest BCUT2D eigenvalue weighted by molar-refractivity contribution is -0.385. The number of nitrogens with zero attached hydrogens (tertiary/aromatic N) is 1. The number of hydrogen-bond donors (Lipinski definition) is 2. The van der Waals surface area contributed by atoms with Gasteiger partial charge in [0.15, 0.2) is 5.75 Å². The standard InChI is InChI=1S/C13H19N3O4S/c1-14-5-6-15-13(17)9-21-8-10-3-4-12(20-2)11(7-10)16(18)19/h3-4,7,14H,5-6,8-9H2,1-2H3,(H,15,17). The number of likely N-dealkylation sites (N-methyl/N-ethyl adjacent to an activating group) is 1. The van der Waals surface area contributed by atoms with Crippen LogP contribution in [0.25, 0.3) is 0 Å². The van der Waals surface area contributed by atoms with Gasteiger partial charge in [-0.05, 0) is 18.7 Å². The maximum atomic E-state index is 11.5. The summed E-state index contributed by atoms with van der Waals surface area (Å²) in [4.78, 5) is 21.9. The van der Waals surface area contributed by atoms with Crippen LogP contribution in [0, 0.1) is 10.1 Å². The largest absolute Gasteiger partial charge is 0.490 e. The molecule has 0 unspecified atom stereocenters. The summed E-state index contributed by atoms with van der Waals surface area (Å²) < 4.78 is 4.94. The highest BCUT2D eigenvalue weighted by Gasteiger charge is 2.15. The van der Waals surface area contributed by atoms with Crippen LogP contribution in [0.15, 0.2) is 18.2 Å². The summed E-state index contributed by atoms with van der Waals surface area (Å²) in [5.74, 6) is 1.05. The summed E-state index contributed by atoms with van der Waals surface area (Å²) >= 11 is 1.41. The van der Waals surface area contributed by atoms with Crippen LogP contribution in [-0.4, -0.2) is 43.8 Å². The van der Waals surface area contributed by atoms with E-state index in [1.807, 2.05) is 7.05 Å². The van der Waals surface area contributed by atoms with E-state index in [4.69, 9.17) is 4.74 Å². The topological polar surface area (TPSA) is 93.5 Å². The summed E-state index contributed by atoms with van der Waals surface area (Å²) in [7, 11) is 3.21. The molecule has 0 saturated carbocycles. The van der Waals surface area contributed by atoms with Crippen LogP contribution in [0.1, 0.15) is 5.56 Å². The number of carbonyl (C=O) groups is 1. The first-order chi connectivity index (χ1) is 10.1. The Balaban J connectivity index is 2.47. The zero-order valence-corrected chi connectivity index (χ0v) is 12.9. The van der Waals surface area contributed by atoms with Crippen molar-refractivity contribution < 1.29 is 14.5 Å². The van der Waals surface area contributed by atoms with Crippen molar-refractivity contribution in [2.45, 2.75) is 5.75 Å². The fourth-order valence-electron chi connectivity index (χ4n) is 1.61. The third-order valence-corrected chi connectivity index (χ3v) is 3.64. The summed E-state index contributed by atoms with van der Waals surface area (Å²) in [6.07, 6.45) is 0. The number of nitro benzene ring substituents is 1. The molecule has 0 spiro atoms. The molecule has 116 valence electrons. The minimum atomic E-state index is -0.475. The molecular weight excluding hydrogens is 294 g/mol. The van der Waals surface area contributed by atoms with Crippen LogP contribution in [0.5, 0.6) is 5.75 Å². The number of thioether (sulfide) groups is 1. The number of nitrogens with one attached hydrogen (secondary N) is 2. The molecule has 0 aliphatic carbocycles. The van der Waals surface area contributed by atoms with Crippen LogP contribution in [0.2, 0.25) is 0 Å². The SMILES string of the molecule is CNCCNC(=O)CSCc1ccc(OC)c([N+](=O)[O-])c1. The Hall–Kier alpha value is -1.80. The van der Waals surface area contributed by atoms with Gasteiger partial charge in [-0.25, -0.2) is 0 Å². The second-order valence-corrected chi connectivity index (χ2v) is 5.20. The van der Waals surface area contributed by atoms with Crippen LogP contribution in [0.4, 0.5) is 5.69 Å². The molecule has 0 atom stereocenters. The van der Waals surface area contributed by atoms with Crippen molar-refractivity contribution in [3.8, 4) is 5.75 Å². The van der Waals surface area contributed by atoms with Gasteiger partial charge in [0, 0.05) is 24.9 Å². The van der Waals surface area contributed by atoms with Crippen molar-refractivity contribution in [2.24, 2.45) is 0 Å². The molecule has 0 bridgehead atoms. The van der Waals surface area contributed by atoms with Crippen LogP contribution in [-0.2, 0) is 10.5 Å². The highest BCUT2D eigenvalue weighted by Crippen LogP contribution is 2.28. The van der Waals surface area contributed by atoms with Crippen molar-refractivity contribution in [3.05, 3.63) is 33.9 Å². The lowest BCUT2D eigenvalue weighted by Gasteiger charge is -2.06. The van der Waals surface area contributed by atoms with Crippen molar-refractivity contribution >= 4 is 23.4 Å². The van der Waals surface area contributed by atoms with Gasteiger partial charge in [0.05, 0.1) is 17.8 Å². The Kier molecular flexibility index (Phi) is 7.55. The smallest absolute Gasteiger partial charge is 0.311 e. The Morgan fingerprint density at radius 3 is 2.81 bits per heavy atom. The van der Waals surface area contributed by atoms with E-state index in [2.05, 4.69) is 10.6 Å². The molecule has 21 heavy (non-hydrogen) atoms. The molecule has 0 radical (unpaired) electrons. The van der Waals surface area contributed by atoms with Gasteiger partial charge in [-0.2, -0.15) is 0 Å². The van der Waals surface area contributed by atoms with E-state index in [0.717, 1.165) is 12.1 Å². The highest BCUT2D eigenvalue weighted by atomic mass is 32.2.